The summed E-state index contributed by atoms with van der Waals surface area (Å²) in [6.07, 6.45) is 3.80. The zero-order valence-corrected chi connectivity index (χ0v) is 15.0. The second-order valence-corrected chi connectivity index (χ2v) is 7.42. The number of carboxylic acids is 1. The molecule has 1 amide bonds. The molecule has 1 aromatic carbocycles. The molecule has 2 atom stereocenters. The summed E-state index contributed by atoms with van der Waals surface area (Å²) in [7, 11) is 0. The highest BCUT2D eigenvalue weighted by molar-refractivity contribution is 7.16. The van der Waals surface area contributed by atoms with Crippen LogP contribution < -0.4 is 5.32 Å². The predicted molar refractivity (Wildman–Crippen MR) is 98.6 cm³/mol. The number of nitrogens with zero attached hydrogens (tertiary/aromatic N) is 1. The second kappa shape index (κ2) is 7.78. The van der Waals surface area contributed by atoms with Crippen LogP contribution in [0.1, 0.15) is 37.5 Å². The minimum Gasteiger partial charge on any atom is -0.481 e. The highest BCUT2D eigenvalue weighted by Crippen LogP contribution is 2.34. The van der Waals surface area contributed by atoms with Gasteiger partial charge in [-0.3, -0.25) is 9.59 Å². The number of aliphatic carboxylic acids is 1. The minimum atomic E-state index is -0.877. The molecule has 1 heterocycles. The Morgan fingerprint density at radius 3 is 2.52 bits per heavy atom. The third-order valence-corrected chi connectivity index (χ3v) is 5.83. The van der Waals surface area contributed by atoms with Crippen molar-refractivity contribution in [1.29, 1.82) is 0 Å². The molecule has 0 bridgehead atoms. The summed E-state index contributed by atoms with van der Waals surface area (Å²) in [6.45, 7) is 2.06. The van der Waals surface area contributed by atoms with Crippen molar-refractivity contribution in [2.45, 2.75) is 39.0 Å². The Balaban J connectivity index is 1.80. The summed E-state index contributed by atoms with van der Waals surface area (Å²) in [5.41, 5.74) is 1.92. The maximum Gasteiger partial charge on any atom is 0.307 e. The topological polar surface area (TPSA) is 79.3 Å². The summed E-state index contributed by atoms with van der Waals surface area (Å²) in [4.78, 5) is 29.7. The number of rotatable bonds is 5. The normalized spacial score (nSPS) is 20.2. The largest absolute Gasteiger partial charge is 0.481 e. The summed E-state index contributed by atoms with van der Waals surface area (Å²) in [6, 6.07) is 9.89. The Morgan fingerprint density at radius 2 is 1.88 bits per heavy atom. The second-order valence-electron chi connectivity index (χ2n) is 6.34. The third kappa shape index (κ3) is 3.90. The molecule has 0 unspecified atom stereocenters. The van der Waals surface area contributed by atoms with Crippen LogP contribution in [0.15, 0.2) is 30.3 Å². The van der Waals surface area contributed by atoms with Crippen molar-refractivity contribution < 1.29 is 14.7 Å². The molecule has 0 spiro atoms. The monoisotopic (exact) mass is 358 g/mol. The molecule has 2 N–H and O–H groups in total. The van der Waals surface area contributed by atoms with E-state index in [1.165, 1.54) is 11.3 Å². The average molecular weight is 358 g/mol. The SMILES string of the molecule is CCc1sc(NC(=O)[C@@H]2CCCC[C@@H]2C(=O)O)nc1-c1ccccc1. The van der Waals surface area contributed by atoms with Crippen molar-refractivity contribution in [3.8, 4) is 11.3 Å². The van der Waals surface area contributed by atoms with Crippen molar-refractivity contribution >= 4 is 28.3 Å². The first kappa shape index (κ1) is 17.6. The number of aromatic nitrogens is 1. The van der Waals surface area contributed by atoms with Crippen molar-refractivity contribution in [2.75, 3.05) is 5.32 Å². The molecule has 6 heteroatoms. The number of aryl methyl sites for hydroxylation is 1. The van der Waals surface area contributed by atoms with Crippen molar-refractivity contribution in [3.63, 3.8) is 0 Å². The van der Waals surface area contributed by atoms with E-state index in [1.54, 1.807) is 0 Å². The third-order valence-electron chi connectivity index (χ3n) is 4.72. The van der Waals surface area contributed by atoms with E-state index in [9.17, 15) is 14.7 Å². The number of carbonyl (C=O) groups is 2. The van der Waals surface area contributed by atoms with E-state index < -0.39 is 17.8 Å². The Bertz CT molecular complexity index is 757. The molecule has 1 saturated carbocycles. The van der Waals surface area contributed by atoms with E-state index in [2.05, 4.69) is 17.2 Å². The van der Waals surface area contributed by atoms with Gasteiger partial charge in [-0.15, -0.1) is 11.3 Å². The van der Waals surface area contributed by atoms with E-state index in [1.807, 2.05) is 30.3 Å². The summed E-state index contributed by atoms with van der Waals surface area (Å²) >= 11 is 1.47. The molecule has 0 radical (unpaired) electrons. The van der Waals surface area contributed by atoms with Crippen molar-refractivity contribution in [1.82, 2.24) is 4.98 Å². The number of anilines is 1. The molecule has 3 rings (SSSR count). The number of carbonyl (C=O) groups excluding carboxylic acids is 1. The van der Waals surface area contributed by atoms with Gasteiger partial charge in [0.15, 0.2) is 5.13 Å². The molecular weight excluding hydrogens is 336 g/mol. The summed E-state index contributed by atoms with van der Waals surface area (Å²) in [5.74, 6) is -2.16. The lowest BCUT2D eigenvalue weighted by molar-refractivity contribution is -0.147. The van der Waals surface area contributed by atoms with Gasteiger partial charge in [-0.2, -0.15) is 0 Å². The summed E-state index contributed by atoms with van der Waals surface area (Å²) in [5, 5.41) is 12.8. The van der Waals surface area contributed by atoms with E-state index in [0.29, 0.717) is 18.0 Å². The van der Waals surface area contributed by atoms with Gasteiger partial charge in [-0.05, 0) is 19.3 Å². The minimum absolute atomic E-state index is 0.219. The Kier molecular flexibility index (Phi) is 5.48. The number of amides is 1. The maximum atomic E-state index is 12.6. The molecule has 0 saturated heterocycles. The van der Waals surface area contributed by atoms with Gasteiger partial charge in [0.2, 0.25) is 5.91 Å². The number of hydrogen-bond donors (Lipinski definition) is 2. The molecule has 132 valence electrons. The van der Waals surface area contributed by atoms with Gasteiger partial charge < -0.3 is 10.4 Å². The fourth-order valence-corrected chi connectivity index (χ4v) is 4.33. The molecule has 1 aliphatic rings. The summed E-state index contributed by atoms with van der Waals surface area (Å²) < 4.78 is 0. The fourth-order valence-electron chi connectivity index (χ4n) is 3.40. The highest BCUT2D eigenvalue weighted by Gasteiger charge is 2.36. The maximum absolute atomic E-state index is 12.6. The smallest absolute Gasteiger partial charge is 0.307 e. The Hall–Kier alpha value is -2.21. The molecule has 1 aromatic heterocycles. The van der Waals surface area contributed by atoms with Crippen molar-refractivity contribution in [3.05, 3.63) is 35.2 Å². The first-order valence-electron chi connectivity index (χ1n) is 8.69. The van der Waals surface area contributed by atoms with Gasteiger partial charge >= 0.3 is 5.97 Å². The van der Waals surface area contributed by atoms with Gasteiger partial charge in [0.05, 0.1) is 17.5 Å². The highest BCUT2D eigenvalue weighted by atomic mass is 32.1. The number of benzene rings is 1. The predicted octanol–water partition coefficient (Wildman–Crippen LogP) is 4.20. The standard InChI is InChI=1S/C19H22N2O3S/c1-2-15-16(12-8-4-3-5-9-12)20-19(25-15)21-17(22)13-10-6-7-11-14(13)18(23)24/h3-5,8-9,13-14H,2,6-7,10-11H2,1H3,(H,23,24)(H,20,21,22)/t13-,14+/m1/s1. The van der Waals surface area contributed by atoms with Crippen LogP contribution in [-0.2, 0) is 16.0 Å². The lowest BCUT2D eigenvalue weighted by Crippen LogP contribution is -2.36. The Labute approximate surface area is 151 Å². The van der Waals surface area contributed by atoms with E-state index >= 15 is 0 Å². The van der Waals surface area contributed by atoms with Gasteiger partial charge in [0.1, 0.15) is 0 Å². The number of nitrogens with one attached hydrogen (secondary N) is 1. The lowest BCUT2D eigenvalue weighted by Gasteiger charge is -2.26. The van der Waals surface area contributed by atoms with Crippen LogP contribution in [0.5, 0.6) is 0 Å². The van der Waals surface area contributed by atoms with Crippen LogP contribution in [0.3, 0.4) is 0 Å². The zero-order chi connectivity index (χ0) is 17.8. The molecule has 25 heavy (non-hydrogen) atoms. The number of carboxylic acid groups (broad SMARTS) is 1. The van der Waals surface area contributed by atoms with E-state index in [0.717, 1.165) is 35.4 Å². The van der Waals surface area contributed by atoms with Crippen LogP contribution in [0.25, 0.3) is 11.3 Å². The van der Waals surface area contributed by atoms with E-state index in [4.69, 9.17) is 0 Å². The van der Waals surface area contributed by atoms with Gasteiger partial charge in [0.25, 0.3) is 0 Å². The van der Waals surface area contributed by atoms with Crippen LogP contribution in [-0.4, -0.2) is 22.0 Å². The first-order valence-corrected chi connectivity index (χ1v) is 9.50. The van der Waals surface area contributed by atoms with Gasteiger partial charge in [0, 0.05) is 10.4 Å². The lowest BCUT2D eigenvalue weighted by atomic mass is 9.79. The molecule has 5 nitrogen and oxygen atoms in total. The van der Waals surface area contributed by atoms with Crippen LogP contribution in [0.2, 0.25) is 0 Å². The quantitative estimate of drug-likeness (QED) is 0.839. The molecular formula is C19H22N2O3S. The molecule has 1 aliphatic carbocycles. The van der Waals surface area contributed by atoms with Gasteiger partial charge in [-0.1, -0.05) is 50.1 Å². The average Bonchev–Trinajstić information content (AvgIpc) is 3.05. The molecule has 0 aliphatic heterocycles. The van der Waals surface area contributed by atoms with E-state index in [-0.39, 0.29) is 5.91 Å². The van der Waals surface area contributed by atoms with Gasteiger partial charge in [-0.25, -0.2) is 4.98 Å². The first-order chi connectivity index (χ1) is 12.1. The van der Waals surface area contributed by atoms with Crippen LogP contribution in [0, 0.1) is 11.8 Å². The number of hydrogen-bond acceptors (Lipinski definition) is 4. The van der Waals surface area contributed by atoms with Crippen molar-refractivity contribution in [2.24, 2.45) is 11.8 Å². The zero-order valence-electron chi connectivity index (χ0n) is 14.2. The Morgan fingerprint density at radius 1 is 1.20 bits per heavy atom. The molecule has 2 aromatic rings. The van der Waals surface area contributed by atoms with Crippen LogP contribution in [0.4, 0.5) is 5.13 Å². The fraction of sp³-hybridized carbons (Fsp3) is 0.421. The number of thiazole rings is 1. The molecule has 1 fully saturated rings. The van der Waals surface area contributed by atoms with Crippen LogP contribution >= 0.6 is 11.3 Å².